The van der Waals surface area contributed by atoms with E-state index < -0.39 is 0 Å². The highest BCUT2D eigenvalue weighted by Gasteiger charge is 2.00. The molecular formula is C14H22N4OS. The van der Waals surface area contributed by atoms with Crippen molar-refractivity contribution in [2.75, 3.05) is 30.9 Å². The number of nitrogens with zero attached hydrogens (tertiary/aromatic N) is 1. The first kappa shape index (κ1) is 16.4. The normalized spacial score (nSPS) is 11.1. The molecule has 1 amide bonds. The molecule has 0 radical (unpaired) electrons. The quantitative estimate of drug-likeness (QED) is 0.424. The Labute approximate surface area is 124 Å². The summed E-state index contributed by atoms with van der Waals surface area (Å²) in [6, 6.07) is 7.75. The van der Waals surface area contributed by atoms with Gasteiger partial charge in [-0.05, 0) is 24.0 Å². The molecule has 0 saturated carbocycles. The monoisotopic (exact) mass is 294 g/mol. The van der Waals surface area contributed by atoms with Gasteiger partial charge in [0.05, 0.1) is 0 Å². The van der Waals surface area contributed by atoms with E-state index in [9.17, 15) is 4.79 Å². The largest absolute Gasteiger partial charge is 0.356 e. The van der Waals surface area contributed by atoms with Gasteiger partial charge in [0.25, 0.3) is 0 Å². The van der Waals surface area contributed by atoms with Crippen molar-refractivity contribution in [1.82, 2.24) is 10.6 Å². The van der Waals surface area contributed by atoms with Gasteiger partial charge in [0.1, 0.15) is 0 Å². The van der Waals surface area contributed by atoms with Crippen LogP contribution in [0.4, 0.5) is 5.69 Å². The molecule has 110 valence electrons. The van der Waals surface area contributed by atoms with E-state index in [0.717, 1.165) is 29.5 Å². The summed E-state index contributed by atoms with van der Waals surface area (Å²) in [5.41, 5.74) is 1.89. The van der Waals surface area contributed by atoms with Crippen molar-refractivity contribution < 1.29 is 4.79 Å². The van der Waals surface area contributed by atoms with Crippen LogP contribution in [-0.4, -0.2) is 37.5 Å². The van der Waals surface area contributed by atoms with Crippen LogP contribution >= 0.6 is 11.8 Å². The van der Waals surface area contributed by atoms with Crippen LogP contribution in [0.15, 0.2) is 29.3 Å². The minimum absolute atomic E-state index is 0.0651. The zero-order valence-corrected chi connectivity index (χ0v) is 13.0. The number of hydrogen-bond donors (Lipinski definition) is 3. The molecule has 0 heterocycles. The third-order valence-corrected chi connectivity index (χ3v) is 3.14. The van der Waals surface area contributed by atoms with Crippen LogP contribution in [0.3, 0.4) is 0 Å². The lowest BCUT2D eigenvalue weighted by Crippen LogP contribution is -2.37. The van der Waals surface area contributed by atoms with E-state index >= 15 is 0 Å². The smallest absolute Gasteiger partial charge is 0.221 e. The van der Waals surface area contributed by atoms with E-state index in [4.69, 9.17) is 0 Å². The fraction of sp³-hybridized carbons (Fsp3) is 0.429. The Balaban J connectivity index is 2.49. The molecule has 0 atom stereocenters. The van der Waals surface area contributed by atoms with Crippen LogP contribution in [0, 0.1) is 0 Å². The molecule has 3 N–H and O–H groups in total. The van der Waals surface area contributed by atoms with Gasteiger partial charge in [0.15, 0.2) is 5.96 Å². The lowest BCUT2D eigenvalue weighted by Gasteiger charge is -2.12. The number of benzene rings is 1. The molecule has 0 saturated heterocycles. The lowest BCUT2D eigenvalue weighted by molar-refractivity contribution is -0.114. The molecule has 0 bridgehead atoms. The van der Waals surface area contributed by atoms with Crippen LogP contribution in [0.5, 0.6) is 0 Å². The minimum Gasteiger partial charge on any atom is -0.356 e. The Kier molecular flexibility index (Phi) is 7.57. The van der Waals surface area contributed by atoms with Gasteiger partial charge in [-0.25, -0.2) is 0 Å². The summed E-state index contributed by atoms with van der Waals surface area (Å²) >= 11 is 1.79. The zero-order chi connectivity index (χ0) is 14.8. The van der Waals surface area contributed by atoms with E-state index in [1.807, 2.05) is 24.3 Å². The Morgan fingerprint density at radius 2 is 2.15 bits per heavy atom. The average Bonchev–Trinajstić information content (AvgIpc) is 2.42. The summed E-state index contributed by atoms with van der Waals surface area (Å²) in [4.78, 5) is 15.2. The number of carbonyl (C=O) groups excluding carboxylic acids is 1. The molecule has 0 aliphatic rings. The van der Waals surface area contributed by atoms with Crippen LogP contribution in [0.1, 0.15) is 12.5 Å². The van der Waals surface area contributed by atoms with Gasteiger partial charge >= 0.3 is 0 Å². The van der Waals surface area contributed by atoms with Crippen LogP contribution in [0.25, 0.3) is 0 Å². The van der Waals surface area contributed by atoms with Gasteiger partial charge in [-0.15, -0.1) is 0 Å². The van der Waals surface area contributed by atoms with Crippen LogP contribution < -0.4 is 16.0 Å². The lowest BCUT2D eigenvalue weighted by atomic mass is 10.2. The van der Waals surface area contributed by atoms with Crippen molar-refractivity contribution in [1.29, 1.82) is 0 Å². The number of hydrogen-bond acceptors (Lipinski definition) is 3. The van der Waals surface area contributed by atoms with Gasteiger partial charge in [-0.1, -0.05) is 12.1 Å². The summed E-state index contributed by atoms with van der Waals surface area (Å²) in [6.07, 6.45) is 2.07. The maximum atomic E-state index is 11.0. The molecule has 0 fully saturated rings. The fourth-order valence-electron chi connectivity index (χ4n) is 1.64. The summed E-state index contributed by atoms with van der Waals surface area (Å²) < 4.78 is 0. The van der Waals surface area contributed by atoms with E-state index in [1.165, 1.54) is 6.92 Å². The second kappa shape index (κ2) is 9.25. The molecule has 5 nitrogen and oxygen atoms in total. The summed E-state index contributed by atoms with van der Waals surface area (Å²) in [7, 11) is 1.75. The fourth-order valence-corrected chi connectivity index (χ4v) is 1.95. The minimum atomic E-state index is -0.0651. The highest BCUT2D eigenvalue weighted by Crippen LogP contribution is 2.10. The van der Waals surface area contributed by atoms with Gasteiger partial charge in [-0.2, -0.15) is 11.8 Å². The van der Waals surface area contributed by atoms with E-state index in [0.29, 0.717) is 6.54 Å². The summed E-state index contributed by atoms with van der Waals surface area (Å²) in [5, 5.41) is 9.25. The van der Waals surface area contributed by atoms with Crippen molar-refractivity contribution >= 4 is 29.3 Å². The van der Waals surface area contributed by atoms with Crippen molar-refractivity contribution in [3.8, 4) is 0 Å². The molecule has 1 rings (SSSR count). The predicted octanol–water partition coefficient (Wildman–Crippen LogP) is 1.67. The number of guanidine groups is 1. The summed E-state index contributed by atoms with van der Waals surface area (Å²) in [5.74, 6) is 1.76. The first-order valence-electron chi connectivity index (χ1n) is 6.45. The SMILES string of the molecule is CN=C(NCCSC)NCc1cccc(NC(C)=O)c1. The molecule has 0 spiro atoms. The summed E-state index contributed by atoms with van der Waals surface area (Å²) in [6.45, 7) is 3.04. The number of amides is 1. The molecular weight excluding hydrogens is 272 g/mol. The third-order valence-electron chi connectivity index (χ3n) is 2.53. The van der Waals surface area contributed by atoms with Gasteiger partial charge in [0.2, 0.25) is 5.91 Å². The van der Waals surface area contributed by atoms with Gasteiger partial charge < -0.3 is 16.0 Å². The zero-order valence-electron chi connectivity index (χ0n) is 12.2. The average molecular weight is 294 g/mol. The number of carbonyl (C=O) groups is 1. The Morgan fingerprint density at radius 3 is 2.80 bits per heavy atom. The second-order valence-electron chi connectivity index (χ2n) is 4.23. The highest BCUT2D eigenvalue weighted by molar-refractivity contribution is 7.98. The van der Waals surface area contributed by atoms with E-state index in [-0.39, 0.29) is 5.91 Å². The van der Waals surface area contributed by atoms with E-state index in [1.54, 1.807) is 18.8 Å². The molecule has 0 aliphatic carbocycles. The van der Waals surface area contributed by atoms with Gasteiger partial charge in [-0.3, -0.25) is 9.79 Å². The topological polar surface area (TPSA) is 65.5 Å². The first-order chi connectivity index (χ1) is 9.65. The Hall–Kier alpha value is -1.69. The molecule has 0 unspecified atom stereocenters. The number of thioether (sulfide) groups is 1. The number of aliphatic imine (C=N–C) groups is 1. The molecule has 0 aliphatic heterocycles. The first-order valence-corrected chi connectivity index (χ1v) is 7.85. The maximum absolute atomic E-state index is 11.0. The molecule has 0 aromatic heterocycles. The van der Waals surface area contributed by atoms with Crippen molar-refractivity contribution in [3.05, 3.63) is 29.8 Å². The van der Waals surface area contributed by atoms with Crippen LogP contribution in [0.2, 0.25) is 0 Å². The van der Waals surface area contributed by atoms with Crippen molar-refractivity contribution in [2.24, 2.45) is 4.99 Å². The van der Waals surface area contributed by atoms with Gasteiger partial charge in [0, 0.05) is 38.5 Å². The maximum Gasteiger partial charge on any atom is 0.221 e. The third kappa shape index (κ3) is 6.47. The number of anilines is 1. The molecule has 20 heavy (non-hydrogen) atoms. The Bertz CT molecular complexity index is 462. The number of rotatable bonds is 6. The Morgan fingerprint density at radius 1 is 1.35 bits per heavy atom. The number of nitrogens with one attached hydrogen (secondary N) is 3. The molecule has 1 aromatic carbocycles. The predicted molar refractivity (Wildman–Crippen MR) is 87.3 cm³/mol. The second-order valence-corrected chi connectivity index (χ2v) is 5.21. The molecule has 1 aromatic rings. The van der Waals surface area contributed by atoms with Crippen molar-refractivity contribution in [3.63, 3.8) is 0 Å². The molecule has 6 heteroatoms. The van der Waals surface area contributed by atoms with E-state index in [2.05, 4.69) is 27.2 Å². The standard InChI is InChI=1S/C14H22N4OS/c1-11(19)18-13-6-4-5-12(9-13)10-17-14(15-2)16-7-8-20-3/h4-6,9H,7-8,10H2,1-3H3,(H,18,19)(H2,15,16,17). The van der Waals surface area contributed by atoms with Crippen molar-refractivity contribution in [2.45, 2.75) is 13.5 Å². The highest BCUT2D eigenvalue weighted by atomic mass is 32.2. The van der Waals surface area contributed by atoms with Crippen LogP contribution in [-0.2, 0) is 11.3 Å².